The minimum atomic E-state index is -4.24. The normalized spacial score (nSPS) is 11.2. The Hall–Kier alpha value is -1.74. The van der Waals surface area contributed by atoms with Gasteiger partial charge in [0, 0.05) is 11.6 Å². The van der Waals surface area contributed by atoms with Crippen LogP contribution in [-0.4, -0.2) is 14.4 Å². The van der Waals surface area contributed by atoms with Crippen molar-refractivity contribution in [2.24, 2.45) is 5.73 Å². The van der Waals surface area contributed by atoms with Gasteiger partial charge in [-0.2, -0.15) is 13.9 Å². The Morgan fingerprint density at radius 1 is 1.41 bits per heavy atom. The molecule has 0 fully saturated rings. The molecule has 0 aliphatic rings. The predicted octanol–water partition coefficient (Wildman–Crippen LogP) is 0.395. The molecule has 94 valence electrons. The first kappa shape index (κ1) is 13.3. The number of carbonyl (C=O) groups excluding carboxylic acids is 1. The summed E-state index contributed by atoms with van der Waals surface area (Å²) < 4.78 is 52.0. The average Bonchev–Trinajstić information content (AvgIpc) is 2.20. The molecule has 0 unspecified atom stereocenters. The topological polar surface area (TPSA) is 98.5 Å². The molecule has 1 rings (SSSR count). The lowest BCUT2D eigenvalue weighted by Crippen LogP contribution is -2.32. The van der Waals surface area contributed by atoms with Crippen LogP contribution >= 0.6 is 0 Å². The van der Waals surface area contributed by atoms with Crippen LogP contribution in [0.3, 0.4) is 0 Å². The smallest absolute Gasteiger partial charge is 0.337 e. The number of rotatable bonds is 4. The number of primary amides is 1. The molecule has 1 aromatic carbocycles. The molecule has 2 amide bonds. The Morgan fingerprint density at radius 3 is 2.59 bits per heavy atom. The summed E-state index contributed by atoms with van der Waals surface area (Å²) in [5.41, 5.74) is 5.68. The molecule has 0 bridgehead atoms. The maximum Gasteiger partial charge on any atom is 0.337 e. The van der Waals surface area contributed by atoms with Crippen molar-refractivity contribution in [2.45, 2.75) is 5.75 Å². The Bertz CT molecular complexity index is 532. The van der Waals surface area contributed by atoms with E-state index in [0.29, 0.717) is 6.07 Å². The monoisotopic (exact) mass is 266 g/mol. The van der Waals surface area contributed by atoms with Crippen LogP contribution in [0.2, 0.25) is 0 Å². The molecule has 0 spiro atoms. The lowest BCUT2D eigenvalue weighted by atomic mass is 10.2. The fourth-order valence-electron chi connectivity index (χ4n) is 0.963. The van der Waals surface area contributed by atoms with Gasteiger partial charge in [0.25, 0.3) is 10.1 Å². The number of hydrogen-bond donors (Lipinski definition) is 2. The second kappa shape index (κ2) is 5.06. The van der Waals surface area contributed by atoms with Gasteiger partial charge in [-0.05, 0) is 6.07 Å². The van der Waals surface area contributed by atoms with Gasteiger partial charge in [0.1, 0.15) is 17.4 Å². The van der Waals surface area contributed by atoms with Gasteiger partial charge < -0.3 is 5.73 Å². The van der Waals surface area contributed by atoms with Crippen molar-refractivity contribution >= 4 is 16.1 Å². The number of hydrogen-bond acceptors (Lipinski definition) is 4. The zero-order valence-corrected chi connectivity index (χ0v) is 9.13. The zero-order valence-electron chi connectivity index (χ0n) is 8.31. The van der Waals surface area contributed by atoms with Crippen LogP contribution in [-0.2, 0) is 20.2 Å². The van der Waals surface area contributed by atoms with Crippen molar-refractivity contribution in [1.29, 1.82) is 0 Å². The van der Waals surface area contributed by atoms with Crippen molar-refractivity contribution in [1.82, 2.24) is 5.48 Å². The molecule has 0 aromatic heterocycles. The highest BCUT2D eigenvalue weighted by atomic mass is 32.2. The molecule has 0 radical (unpaired) electrons. The van der Waals surface area contributed by atoms with E-state index in [1.165, 1.54) is 5.48 Å². The van der Waals surface area contributed by atoms with Crippen LogP contribution in [0.4, 0.5) is 13.6 Å². The fraction of sp³-hybridized carbons (Fsp3) is 0.125. The molecule has 0 aliphatic carbocycles. The van der Waals surface area contributed by atoms with Crippen LogP contribution in [0.15, 0.2) is 18.2 Å². The minimum Gasteiger partial charge on any atom is -0.350 e. The third kappa shape index (κ3) is 4.33. The van der Waals surface area contributed by atoms with Gasteiger partial charge in [0.05, 0.1) is 0 Å². The van der Waals surface area contributed by atoms with E-state index in [1.807, 2.05) is 0 Å². The van der Waals surface area contributed by atoms with Gasteiger partial charge in [-0.15, -0.1) is 4.28 Å². The van der Waals surface area contributed by atoms with Gasteiger partial charge >= 0.3 is 6.03 Å². The summed E-state index contributed by atoms with van der Waals surface area (Å²) in [5, 5.41) is 0. The molecular weight excluding hydrogens is 258 g/mol. The number of urea groups is 1. The van der Waals surface area contributed by atoms with Crippen LogP contribution < -0.4 is 11.2 Å². The van der Waals surface area contributed by atoms with Gasteiger partial charge in [0.2, 0.25) is 0 Å². The molecule has 0 saturated carbocycles. The van der Waals surface area contributed by atoms with E-state index in [0.717, 1.165) is 12.1 Å². The molecule has 0 atom stereocenters. The standard InChI is InChI=1S/C8H8F2N2O4S/c9-6-2-1-5(7(10)3-6)4-17(14,15)16-12-8(11)13/h1-3H,4H2,(H3,11,12,13). The highest BCUT2D eigenvalue weighted by Crippen LogP contribution is 2.13. The Morgan fingerprint density at radius 2 is 2.06 bits per heavy atom. The van der Waals surface area contributed by atoms with Crippen LogP contribution in [0, 0.1) is 11.6 Å². The van der Waals surface area contributed by atoms with E-state index in [9.17, 15) is 22.0 Å². The van der Waals surface area contributed by atoms with Crippen molar-refractivity contribution in [3.8, 4) is 0 Å². The van der Waals surface area contributed by atoms with Crippen molar-refractivity contribution in [3.63, 3.8) is 0 Å². The van der Waals surface area contributed by atoms with Gasteiger partial charge in [-0.3, -0.25) is 0 Å². The second-order valence-electron chi connectivity index (χ2n) is 2.99. The van der Waals surface area contributed by atoms with Crippen molar-refractivity contribution in [2.75, 3.05) is 0 Å². The molecule has 0 aliphatic heterocycles. The summed E-state index contributed by atoms with van der Waals surface area (Å²) in [6.45, 7) is 0. The SMILES string of the molecule is NC(=O)NOS(=O)(=O)Cc1ccc(F)cc1F. The first-order valence-corrected chi connectivity index (χ1v) is 5.78. The van der Waals surface area contributed by atoms with Crippen LogP contribution in [0.25, 0.3) is 0 Å². The van der Waals surface area contributed by atoms with E-state index in [1.54, 1.807) is 0 Å². The molecule has 3 N–H and O–H groups in total. The third-order valence-corrected chi connectivity index (χ3v) is 2.62. The summed E-state index contributed by atoms with van der Waals surface area (Å²) in [7, 11) is -4.24. The molecular formula is C8H8F2N2O4S. The molecule has 1 aromatic rings. The first-order valence-electron chi connectivity index (χ1n) is 4.21. The highest BCUT2D eigenvalue weighted by molar-refractivity contribution is 7.85. The molecule has 9 heteroatoms. The van der Waals surface area contributed by atoms with E-state index < -0.39 is 33.5 Å². The summed E-state index contributed by atoms with van der Waals surface area (Å²) >= 11 is 0. The summed E-state index contributed by atoms with van der Waals surface area (Å²) in [6, 6.07) is 1.17. The average molecular weight is 266 g/mol. The van der Waals surface area contributed by atoms with Crippen molar-refractivity contribution < 1.29 is 26.3 Å². The lowest BCUT2D eigenvalue weighted by Gasteiger charge is -2.05. The molecule has 0 heterocycles. The molecule has 17 heavy (non-hydrogen) atoms. The number of nitrogens with two attached hydrogens (primary N) is 1. The van der Waals surface area contributed by atoms with E-state index >= 15 is 0 Å². The van der Waals surface area contributed by atoms with Crippen LogP contribution in [0.1, 0.15) is 5.56 Å². The highest BCUT2D eigenvalue weighted by Gasteiger charge is 2.17. The number of benzene rings is 1. The molecule has 6 nitrogen and oxygen atoms in total. The molecule has 0 saturated heterocycles. The lowest BCUT2D eigenvalue weighted by molar-refractivity contribution is 0.189. The number of nitrogens with one attached hydrogen (secondary N) is 1. The number of carbonyl (C=O) groups is 1. The van der Waals surface area contributed by atoms with Gasteiger partial charge in [-0.1, -0.05) is 6.07 Å². The quantitative estimate of drug-likeness (QED) is 0.770. The summed E-state index contributed by atoms with van der Waals surface area (Å²) in [4.78, 5) is 10.2. The number of amides is 2. The fourth-order valence-corrected chi connectivity index (χ4v) is 1.85. The maximum atomic E-state index is 13.1. The Kier molecular flexibility index (Phi) is 3.97. The van der Waals surface area contributed by atoms with Crippen molar-refractivity contribution in [3.05, 3.63) is 35.4 Å². The Balaban J connectivity index is 2.79. The van der Waals surface area contributed by atoms with E-state index in [2.05, 4.69) is 10.0 Å². The summed E-state index contributed by atoms with van der Waals surface area (Å²) in [5.74, 6) is -2.73. The predicted molar refractivity (Wildman–Crippen MR) is 52.8 cm³/mol. The summed E-state index contributed by atoms with van der Waals surface area (Å²) in [6.07, 6.45) is 0. The first-order chi connectivity index (χ1) is 7.80. The number of hydroxylamine groups is 1. The minimum absolute atomic E-state index is 0.294. The Labute approximate surface area is 95.4 Å². The van der Waals surface area contributed by atoms with Gasteiger partial charge in [-0.25, -0.2) is 13.6 Å². The largest absolute Gasteiger partial charge is 0.350 e. The second-order valence-corrected chi connectivity index (χ2v) is 4.56. The maximum absolute atomic E-state index is 13.1. The van der Waals surface area contributed by atoms with Crippen LogP contribution in [0.5, 0.6) is 0 Å². The van der Waals surface area contributed by atoms with E-state index in [-0.39, 0.29) is 5.56 Å². The third-order valence-electron chi connectivity index (χ3n) is 1.62. The zero-order chi connectivity index (χ0) is 13.1. The number of halogens is 2. The van der Waals surface area contributed by atoms with E-state index in [4.69, 9.17) is 0 Å². The van der Waals surface area contributed by atoms with Gasteiger partial charge in [0.15, 0.2) is 0 Å².